The van der Waals surface area contributed by atoms with Crippen LogP contribution in [0.4, 0.5) is 0 Å². The molecule has 6 nitrogen and oxygen atoms in total. The lowest BCUT2D eigenvalue weighted by Crippen LogP contribution is -2.34. The lowest BCUT2D eigenvalue weighted by Gasteiger charge is -2.00. The number of rotatable bonds is 6. The Bertz CT molecular complexity index is 219. The van der Waals surface area contributed by atoms with E-state index in [1.165, 1.54) is 0 Å². The highest BCUT2D eigenvalue weighted by atomic mass is 32.2. The van der Waals surface area contributed by atoms with Crippen molar-refractivity contribution in [2.24, 2.45) is 5.73 Å². The number of nitrogens with one attached hydrogen (secondary N) is 1. The summed E-state index contributed by atoms with van der Waals surface area (Å²) in [7, 11) is 0. The van der Waals surface area contributed by atoms with E-state index in [1.807, 2.05) is 0 Å². The van der Waals surface area contributed by atoms with Gasteiger partial charge in [0.05, 0.1) is 18.1 Å². The lowest BCUT2D eigenvalue weighted by molar-refractivity contribution is -0.133. The van der Waals surface area contributed by atoms with Crippen LogP contribution in [0.25, 0.3) is 0 Å². The van der Waals surface area contributed by atoms with Crippen molar-refractivity contribution in [2.75, 3.05) is 18.1 Å². The zero-order valence-electron chi connectivity index (χ0n) is 6.78. The molecule has 0 aliphatic heterocycles. The lowest BCUT2D eigenvalue weighted by atomic mass is 10.6. The van der Waals surface area contributed by atoms with Crippen molar-refractivity contribution in [3.05, 3.63) is 0 Å². The standard InChI is InChI=1S/C6H10N2O4S/c7-4(9)1-8-5(10)2-13-3-6(11)12/h1-3H2,(H2,7,9)(H,8,10)(H,11,12). The van der Waals surface area contributed by atoms with Gasteiger partial charge in [-0.25, -0.2) is 0 Å². The SMILES string of the molecule is NC(=O)CNC(=O)CSCC(=O)O. The second kappa shape index (κ2) is 6.30. The first-order valence-electron chi connectivity index (χ1n) is 3.37. The van der Waals surface area contributed by atoms with Crippen molar-refractivity contribution in [3.8, 4) is 0 Å². The third-order valence-electron chi connectivity index (χ3n) is 0.918. The van der Waals surface area contributed by atoms with Crippen molar-refractivity contribution in [1.82, 2.24) is 5.32 Å². The smallest absolute Gasteiger partial charge is 0.313 e. The summed E-state index contributed by atoms with van der Waals surface area (Å²) < 4.78 is 0. The molecule has 0 saturated heterocycles. The largest absolute Gasteiger partial charge is 0.481 e. The molecule has 0 atom stereocenters. The van der Waals surface area contributed by atoms with Crippen molar-refractivity contribution >= 4 is 29.5 Å². The molecule has 7 heteroatoms. The summed E-state index contributed by atoms with van der Waals surface area (Å²) >= 11 is 0.957. The molecule has 0 aliphatic carbocycles. The minimum Gasteiger partial charge on any atom is -0.481 e. The van der Waals surface area contributed by atoms with Gasteiger partial charge < -0.3 is 16.2 Å². The van der Waals surface area contributed by atoms with Gasteiger partial charge in [0.25, 0.3) is 0 Å². The van der Waals surface area contributed by atoms with Gasteiger partial charge >= 0.3 is 5.97 Å². The molecule has 0 fully saturated rings. The minimum atomic E-state index is -0.979. The van der Waals surface area contributed by atoms with Crippen LogP contribution in [0.1, 0.15) is 0 Å². The number of carbonyl (C=O) groups is 3. The first-order chi connectivity index (χ1) is 6.02. The van der Waals surface area contributed by atoms with Crippen LogP contribution in [0.2, 0.25) is 0 Å². The number of hydrogen-bond donors (Lipinski definition) is 3. The van der Waals surface area contributed by atoms with Gasteiger partial charge in [-0.1, -0.05) is 0 Å². The molecular formula is C6H10N2O4S. The molecule has 13 heavy (non-hydrogen) atoms. The van der Waals surface area contributed by atoms with Crippen LogP contribution in [0.5, 0.6) is 0 Å². The van der Waals surface area contributed by atoms with Crippen LogP contribution in [-0.4, -0.2) is 40.9 Å². The van der Waals surface area contributed by atoms with Crippen LogP contribution in [0.15, 0.2) is 0 Å². The summed E-state index contributed by atoms with van der Waals surface area (Å²) in [6, 6.07) is 0. The number of nitrogens with two attached hydrogens (primary N) is 1. The van der Waals surface area contributed by atoms with Gasteiger partial charge in [0, 0.05) is 0 Å². The molecule has 0 unspecified atom stereocenters. The molecule has 0 aromatic rings. The summed E-state index contributed by atoms with van der Waals surface area (Å²) in [5, 5.41) is 10.4. The van der Waals surface area contributed by atoms with Crippen molar-refractivity contribution in [3.63, 3.8) is 0 Å². The quantitative estimate of drug-likeness (QED) is 0.485. The number of carbonyl (C=O) groups excluding carboxylic acids is 2. The summed E-state index contributed by atoms with van der Waals surface area (Å²) in [5.41, 5.74) is 4.76. The van der Waals surface area contributed by atoms with Crippen molar-refractivity contribution in [2.45, 2.75) is 0 Å². The molecule has 74 valence electrons. The molecule has 0 saturated carbocycles. The molecule has 0 aromatic carbocycles. The third kappa shape index (κ3) is 8.67. The fraction of sp³-hybridized carbons (Fsp3) is 0.500. The Balaban J connectivity index is 3.41. The van der Waals surface area contributed by atoms with Gasteiger partial charge in [0.15, 0.2) is 0 Å². The third-order valence-corrected chi connectivity index (χ3v) is 1.84. The van der Waals surface area contributed by atoms with Gasteiger partial charge in [0.2, 0.25) is 11.8 Å². The Morgan fingerprint density at radius 2 is 1.92 bits per heavy atom. The van der Waals surface area contributed by atoms with E-state index >= 15 is 0 Å². The van der Waals surface area contributed by atoms with E-state index in [9.17, 15) is 14.4 Å². The van der Waals surface area contributed by atoms with Crippen LogP contribution in [-0.2, 0) is 14.4 Å². The van der Waals surface area contributed by atoms with Gasteiger partial charge in [0.1, 0.15) is 0 Å². The topological polar surface area (TPSA) is 109 Å². The van der Waals surface area contributed by atoms with Gasteiger partial charge in [-0.2, -0.15) is 0 Å². The number of aliphatic carboxylic acids is 1. The maximum atomic E-state index is 10.8. The molecule has 0 spiro atoms. The fourth-order valence-corrected chi connectivity index (χ4v) is 1.03. The van der Waals surface area contributed by atoms with Crippen molar-refractivity contribution in [1.29, 1.82) is 0 Å². The molecule has 0 bridgehead atoms. The maximum absolute atomic E-state index is 10.8. The summed E-state index contributed by atoms with van der Waals surface area (Å²) in [6.07, 6.45) is 0. The van der Waals surface area contributed by atoms with Crippen molar-refractivity contribution < 1.29 is 19.5 Å². The van der Waals surface area contributed by atoms with E-state index in [0.29, 0.717) is 0 Å². The zero-order valence-corrected chi connectivity index (χ0v) is 7.60. The Kier molecular flexibility index (Phi) is 5.69. The molecule has 0 aliphatic rings. The zero-order chi connectivity index (χ0) is 10.3. The molecular weight excluding hydrogens is 196 g/mol. The van der Waals surface area contributed by atoms with E-state index in [4.69, 9.17) is 10.8 Å². The molecule has 0 rings (SSSR count). The minimum absolute atomic E-state index is 0.0135. The number of primary amides is 1. The summed E-state index contributed by atoms with van der Waals surface area (Å²) in [4.78, 5) is 31.0. The van der Waals surface area contributed by atoms with E-state index < -0.39 is 17.8 Å². The fourth-order valence-electron chi connectivity index (χ4n) is 0.468. The molecule has 0 heterocycles. The number of amides is 2. The van der Waals surface area contributed by atoms with Gasteiger partial charge in [-0.3, -0.25) is 14.4 Å². The number of carboxylic acids is 1. The van der Waals surface area contributed by atoms with E-state index in [2.05, 4.69) is 5.32 Å². The molecule has 4 N–H and O–H groups in total. The second-order valence-electron chi connectivity index (χ2n) is 2.13. The highest BCUT2D eigenvalue weighted by Gasteiger charge is 2.04. The first-order valence-corrected chi connectivity index (χ1v) is 4.52. The highest BCUT2D eigenvalue weighted by molar-refractivity contribution is 8.00. The second-order valence-corrected chi connectivity index (χ2v) is 3.12. The Labute approximate surface area is 78.9 Å². The monoisotopic (exact) mass is 206 g/mol. The number of carboxylic acid groups (broad SMARTS) is 1. The predicted molar refractivity (Wildman–Crippen MR) is 47.2 cm³/mol. The van der Waals surface area contributed by atoms with Crippen LogP contribution < -0.4 is 11.1 Å². The van der Waals surface area contributed by atoms with Gasteiger partial charge in [-0.05, 0) is 0 Å². The highest BCUT2D eigenvalue weighted by Crippen LogP contribution is 1.97. The van der Waals surface area contributed by atoms with E-state index in [-0.39, 0.29) is 18.1 Å². The number of hydrogen-bond acceptors (Lipinski definition) is 4. The Morgan fingerprint density at radius 1 is 1.31 bits per heavy atom. The normalized spacial score (nSPS) is 9.23. The molecule has 0 radical (unpaired) electrons. The van der Waals surface area contributed by atoms with Crippen LogP contribution in [0.3, 0.4) is 0 Å². The summed E-state index contributed by atoms with van der Waals surface area (Å²) in [5.74, 6) is -2.13. The van der Waals surface area contributed by atoms with Gasteiger partial charge in [-0.15, -0.1) is 11.8 Å². The Hall–Kier alpha value is -1.24. The van der Waals surface area contributed by atoms with E-state index in [1.54, 1.807) is 0 Å². The first kappa shape index (κ1) is 11.8. The molecule has 2 amide bonds. The predicted octanol–water partition coefficient (Wildman–Crippen LogP) is -1.59. The maximum Gasteiger partial charge on any atom is 0.313 e. The summed E-state index contributed by atoms with van der Waals surface area (Å²) in [6.45, 7) is -0.216. The average molecular weight is 206 g/mol. The van der Waals surface area contributed by atoms with E-state index in [0.717, 1.165) is 11.8 Å². The van der Waals surface area contributed by atoms with Crippen LogP contribution >= 0.6 is 11.8 Å². The molecule has 0 aromatic heterocycles. The number of thioether (sulfide) groups is 1. The Morgan fingerprint density at radius 3 is 2.38 bits per heavy atom. The average Bonchev–Trinajstić information content (AvgIpc) is 2.00. The van der Waals surface area contributed by atoms with Crippen LogP contribution in [0, 0.1) is 0 Å².